The molecule has 1 unspecified atom stereocenters. The summed E-state index contributed by atoms with van der Waals surface area (Å²) in [5.41, 5.74) is 1.20. The molecule has 20 heavy (non-hydrogen) atoms. The van der Waals surface area contributed by atoms with Crippen LogP contribution in [0.4, 0.5) is 5.69 Å². The lowest BCUT2D eigenvalue weighted by atomic mass is 10.1. The van der Waals surface area contributed by atoms with Gasteiger partial charge in [-0.1, -0.05) is 48.2 Å². The first-order valence-corrected chi connectivity index (χ1v) is 7.13. The van der Waals surface area contributed by atoms with Gasteiger partial charge in [-0.3, -0.25) is 0 Å². The molecule has 0 amide bonds. The smallest absolute Gasteiger partial charge is 0.166 e. The number of hydrogen-bond donors (Lipinski definition) is 0. The molecule has 0 saturated carbocycles. The van der Waals surface area contributed by atoms with E-state index in [-0.39, 0.29) is 22.4 Å². The highest BCUT2D eigenvalue weighted by Gasteiger charge is 2.25. The summed E-state index contributed by atoms with van der Waals surface area (Å²) in [5, 5.41) is 3.42. The first kappa shape index (κ1) is 15.4. The number of rotatable bonds is 2. The van der Waals surface area contributed by atoms with Crippen molar-refractivity contribution in [2.24, 2.45) is 4.99 Å². The molecule has 1 aliphatic heterocycles. The summed E-state index contributed by atoms with van der Waals surface area (Å²) in [7, 11) is 3.79. The minimum atomic E-state index is 0. The van der Waals surface area contributed by atoms with E-state index < -0.39 is 0 Å². The topological polar surface area (TPSA) is 24.8 Å². The molecule has 1 fully saturated rings. The van der Waals surface area contributed by atoms with E-state index in [9.17, 15) is 0 Å². The normalized spacial score (nSPS) is 20.4. The minimum Gasteiger partial charge on any atom is -0.368 e. The van der Waals surface area contributed by atoms with Crippen molar-refractivity contribution >= 4 is 50.4 Å². The molecule has 1 heterocycles. The van der Waals surface area contributed by atoms with Crippen molar-refractivity contribution in [3.05, 3.63) is 42.5 Å². The number of ether oxygens (including phenoxy) is 1. The Hall–Kier alpha value is -1.04. The Morgan fingerprint density at radius 2 is 1.95 bits per heavy atom. The number of benzene rings is 2. The number of thioether (sulfide) groups is 1. The minimum absolute atomic E-state index is 0. The summed E-state index contributed by atoms with van der Waals surface area (Å²) in [6, 6.07) is 14.6. The second-order valence-corrected chi connectivity index (χ2v) is 5.68. The molecule has 1 saturated heterocycles. The second kappa shape index (κ2) is 6.61. The fourth-order valence-electron chi connectivity index (χ4n) is 2.19. The van der Waals surface area contributed by atoms with Gasteiger partial charge in [0.15, 0.2) is 5.17 Å². The van der Waals surface area contributed by atoms with Gasteiger partial charge >= 0.3 is 0 Å². The van der Waals surface area contributed by atoms with E-state index in [0.29, 0.717) is 0 Å². The summed E-state index contributed by atoms with van der Waals surface area (Å²) < 4.78 is 5.38. The van der Waals surface area contributed by atoms with E-state index in [2.05, 4.69) is 54.4 Å². The second-order valence-electron chi connectivity index (χ2n) is 4.56. The lowest BCUT2D eigenvalue weighted by molar-refractivity contribution is 0.162. The van der Waals surface area contributed by atoms with Crippen LogP contribution in [0, 0.1) is 0 Å². The van der Waals surface area contributed by atoms with Crippen LogP contribution in [0.5, 0.6) is 0 Å². The Balaban J connectivity index is 0.00000147. The van der Waals surface area contributed by atoms with Gasteiger partial charge in [-0.2, -0.15) is 0 Å². The maximum absolute atomic E-state index is 5.38. The zero-order chi connectivity index (χ0) is 13.2. The van der Waals surface area contributed by atoms with E-state index >= 15 is 0 Å². The average Bonchev–Trinajstić information content (AvgIpc) is 2.80. The van der Waals surface area contributed by atoms with Crippen molar-refractivity contribution in [1.82, 2.24) is 4.90 Å². The number of aliphatic imine (C=N–C) groups is 1. The molecule has 2 aromatic rings. The molecular formula is C15H17BrN2OS. The zero-order valence-electron chi connectivity index (χ0n) is 11.4. The number of halogens is 1. The lowest BCUT2D eigenvalue weighted by Gasteiger charge is -2.10. The SMILES string of the molecule is Br.COC1CN(C)C(=Nc2cccc3ccccc23)S1. The molecule has 3 rings (SSSR count). The first-order chi connectivity index (χ1) is 9.28. The van der Waals surface area contributed by atoms with E-state index in [1.54, 1.807) is 18.9 Å². The molecule has 0 spiro atoms. The third kappa shape index (κ3) is 3.00. The molecule has 0 aliphatic carbocycles. The number of likely N-dealkylation sites (N-methyl/N-ethyl adjacent to an activating group) is 1. The molecule has 0 N–H and O–H groups in total. The molecule has 0 radical (unpaired) electrons. The van der Waals surface area contributed by atoms with E-state index in [4.69, 9.17) is 9.73 Å². The van der Waals surface area contributed by atoms with Crippen LogP contribution in [-0.4, -0.2) is 36.2 Å². The average molecular weight is 353 g/mol. The molecule has 2 aromatic carbocycles. The van der Waals surface area contributed by atoms with Gasteiger partial charge in [-0.05, 0) is 11.5 Å². The van der Waals surface area contributed by atoms with E-state index in [1.807, 2.05) is 0 Å². The molecule has 5 heteroatoms. The molecular weight excluding hydrogens is 336 g/mol. The van der Waals surface area contributed by atoms with Gasteiger partial charge in [0.05, 0.1) is 12.2 Å². The molecule has 1 aliphatic rings. The Morgan fingerprint density at radius 3 is 2.70 bits per heavy atom. The number of hydrogen-bond acceptors (Lipinski definition) is 3. The van der Waals surface area contributed by atoms with Crippen molar-refractivity contribution in [1.29, 1.82) is 0 Å². The van der Waals surface area contributed by atoms with Gasteiger partial charge in [-0.25, -0.2) is 4.99 Å². The third-order valence-electron chi connectivity index (χ3n) is 3.23. The van der Waals surface area contributed by atoms with Crippen LogP contribution in [0.25, 0.3) is 10.8 Å². The predicted molar refractivity (Wildman–Crippen MR) is 92.4 cm³/mol. The van der Waals surface area contributed by atoms with Crippen molar-refractivity contribution in [2.75, 3.05) is 20.7 Å². The summed E-state index contributed by atoms with van der Waals surface area (Å²) >= 11 is 1.68. The van der Waals surface area contributed by atoms with Gasteiger partial charge in [0.1, 0.15) is 5.44 Å². The van der Waals surface area contributed by atoms with Gasteiger partial charge in [0, 0.05) is 19.5 Å². The van der Waals surface area contributed by atoms with Crippen molar-refractivity contribution < 1.29 is 4.74 Å². The molecule has 0 aromatic heterocycles. The van der Waals surface area contributed by atoms with Crippen molar-refractivity contribution in [3.8, 4) is 0 Å². The highest BCUT2D eigenvalue weighted by atomic mass is 79.9. The first-order valence-electron chi connectivity index (χ1n) is 6.25. The summed E-state index contributed by atoms with van der Waals surface area (Å²) in [5.74, 6) is 0. The monoisotopic (exact) mass is 352 g/mol. The largest absolute Gasteiger partial charge is 0.368 e. The van der Waals surface area contributed by atoms with Crippen LogP contribution < -0.4 is 0 Å². The Morgan fingerprint density at radius 1 is 1.20 bits per heavy atom. The number of methoxy groups -OCH3 is 1. The quantitative estimate of drug-likeness (QED) is 0.814. The third-order valence-corrected chi connectivity index (χ3v) is 4.45. The van der Waals surface area contributed by atoms with Gasteiger partial charge < -0.3 is 9.64 Å². The molecule has 3 nitrogen and oxygen atoms in total. The Labute approximate surface area is 133 Å². The number of fused-ring (bicyclic) bond motifs is 1. The fourth-order valence-corrected chi connectivity index (χ4v) is 3.22. The summed E-state index contributed by atoms with van der Waals surface area (Å²) in [6.07, 6.45) is 0. The summed E-state index contributed by atoms with van der Waals surface area (Å²) in [6.45, 7) is 0.880. The van der Waals surface area contributed by atoms with Gasteiger partial charge in [0.25, 0.3) is 0 Å². The standard InChI is InChI=1S/C15H16N2OS.BrH/c1-17-10-14(18-2)19-15(17)16-13-9-5-7-11-6-3-4-8-12(11)13;/h3-9,14H,10H2,1-2H3;1H. The number of amidine groups is 1. The molecule has 0 bridgehead atoms. The maximum atomic E-state index is 5.38. The Kier molecular flexibility index (Phi) is 5.07. The van der Waals surface area contributed by atoms with E-state index in [1.165, 1.54) is 10.8 Å². The van der Waals surface area contributed by atoms with Crippen molar-refractivity contribution in [2.45, 2.75) is 5.44 Å². The number of nitrogens with zero attached hydrogens (tertiary/aromatic N) is 2. The van der Waals surface area contributed by atoms with Crippen LogP contribution in [0.2, 0.25) is 0 Å². The highest BCUT2D eigenvalue weighted by Crippen LogP contribution is 2.31. The maximum Gasteiger partial charge on any atom is 0.166 e. The highest BCUT2D eigenvalue weighted by molar-refractivity contribution is 8.93. The van der Waals surface area contributed by atoms with E-state index in [0.717, 1.165) is 17.4 Å². The lowest BCUT2D eigenvalue weighted by Crippen LogP contribution is -2.20. The van der Waals surface area contributed by atoms with Crippen LogP contribution in [0.15, 0.2) is 47.5 Å². The van der Waals surface area contributed by atoms with Crippen molar-refractivity contribution in [3.63, 3.8) is 0 Å². The Bertz CT molecular complexity index is 627. The zero-order valence-corrected chi connectivity index (χ0v) is 14.0. The molecule has 1 atom stereocenters. The molecule has 106 valence electrons. The predicted octanol–water partition coefficient (Wildman–Crippen LogP) is 4.06. The van der Waals surface area contributed by atoms with Gasteiger partial charge in [0.2, 0.25) is 0 Å². The van der Waals surface area contributed by atoms with Gasteiger partial charge in [-0.15, -0.1) is 17.0 Å². The van der Waals surface area contributed by atoms with Crippen LogP contribution in [0.1, 0.15) is 0 Å². The van der Waals surface area contributed by atoms with Crippen LogP contribution in [0.3, 0.4) is 0 Å². The van der Waals surface area contributed by atoms with Crippen LogP contribution >= 0.6 is 28.7 Å². The fraction of sp³-hybridized carbons (Fsp3) is 0.267. The van der Waals surface area contributed by atoms with Crippen LogP contribution in [-0.2, 0) is 4.74 Å². The summed E-state index contributed by atoms with van der Waals surface area (Å²) in [4.78, 5) is 6.93.